The van der Waals surface area contributed by atoms with Crippen molar-refractivity contribution in [2.75, 3.05) is 64.4 Å². The monoisotopic (exact) mass is 625 g/mol. The lowest BCUT2D eigenvalue weighted by Crippen LogP contribution is -2.46. The molecule has 4 aromatic rings. The first-order chi connectivity index (χ1) is 22.1. The fourth-order valence-electron chi connectivity index (χ4n) is 6.09. The van der Waals surface area contributed by atoms with E-state index in [-0.39, 0.29) is 0 Å². The number of halogens is 1. The Morgan fingerprint density at radius 3 is 2.27 bits per heavy atom. The minimum Gasteiger partial charge on any atom is -0.492 e. The molecule has 7 nitrogen and oxygen atoms in total. The Labute approximate surface area is 270 Å². The number of hydrogen-bond acceptors (Lipinski definition) is 7. The summed E-state index contributed by atoms with van der Waals surface area (Å²) in [6, 6.07) is 29.7. The van der Waals surface area contributed by atoms with Crippen LogP contribution in [-0.4, -0.2) is 75.3 Å². The van der Waals surface area contributed by atoms with E-state index in [0.29, 0.717) is 23.7 Å². The molecule has 45 heavy (non-hydrogen) atoms. The molecule has 2 aliphatic heterocycles. The standard InChI is InChI=1S/C37H40ClN3O4/c1-43-37(42)35-15-13-31(26-36(35)45-32-7-3-2-4-8-32)41-21-19-40(20-22-41)27-29-25-33(44-24-23-39-17-5-6-18-39)14-16-34(29)28-9-11-30(38)12-10-28/h2-4,7-16,25-26H,5-6,17-24,27H2,1H3. The van der Waals surface area contributed by atoms with Gasteiger partial charge in [0.05, 0.1) is 7.11 Å². The molecule has 8 heteroatoms. The number of para-hydroxylation sites is 1. The number of esters is 1. The van der Waals surface area contributed by atoms with Crippen LogP contribution in [0.3, 0.4) is 0 Å². The zero-order valence-electron chi connectivity index (χ0n) is 25.8. The van der Waals surface area contributed by atoms with Gasteiger partial charge in [-0.05, 0) is 91.2 Å². The van der Waals surface area contributed by atoms with Crippen molar-refractivity contribution in [3.63, 3.8) is 0 Å². The molecule has 2 heterocycles. The topological polar surface area (TPSA) is 54.5 Å². The number of ether oxygens (including phenoxy) is 3. The Kier molecular flexibility index (Phi) is 10.2. The largest absolute Gasteiger partial charge is 0.492 e. The number of benzene rings is 4. The molecule has 2 fully saturated rings. The molecule has 0 aliphatic carbocycles. The van der Waals surface area contributed by atoms with Crippen LogP contribution in [0.25, 0.3) is 11.1 Å². The molecule has 0 aromatic heterocycles. The number of rotatable bonds is 11. The normalized spacial score (nSPS) is 15.6. The first-order valence-electron chi connectivity index (χ1n) is 15.7. The molecule has 0 spiro atoms. The highest BCUT2D eigenvalue weighted by atomic mass is 35.5. The Bertz CT molecular complexity index is 1570. The lowest BCUT2D eigenvalue weighted by atomic mass is 9.98. The van der Waals surface area contributed by atoms with Gasteiger partial charge in [-0.25, -0.2) is 4.79 Å². The summed E-state index contributed by atoms with van der Waals surface area (Å²) in [6.07, 6.45) is 2.57. The number of anilines is 1. The zero-order chi connectivity index (χ0) is 31.0. The maximum absolute atomic E-state index is 12.5. The molecule has 4 aromatic carbocycles. The molecular formula is C37H40ClN3O4. The van der Waals surface area contributed by atoms with Gasteiger partial charge in [0.25, 0.3) is 0 Å². The van der Waals surface area contributed by atoms with E-state index in [4.69, 9.17) is 25.8 Å². The van der Waals surface area contributed by atoms with Crippen LogP contribution >= 0.6 is 11.6 Å². The number of hydrogen-bond donors (Lipinski definition) is 0. The van der Waals surface area contributed by atoms with Crippen LogP contribution in [0.2, 0.25) is 5.02 Å². The van der Waals surface area contributed by atoms with Crippen molar-refractivity contribution in [1.29, 1.82) is 0 Å². The highest BCUT2D eigenvalue weighted by Crippen LogP contribution is 2.33. The molecule has 0 bridgehead atoms. The average molecular weight is 626 g/mol. The molecule has 0 atom stereocenters. The average Bonchev–Trinajstić information content (AvgIpc) is 3.60. The smallest absolute Gasteiger partial charge is 0.341 e. The van der Waals surface area contributed by atoms with E-state index in [0.717, 1.165) is 61.3 Å². The molecule has 0 saturated carbocycles. The van der Waals surface area contributed by atoms with Gasteiger partial charge >= 0.3 is 5.97 Å². The summed E-state index contributed by atoms with van der Waals surface area (Å²) >= 11 is 6.21. The van der Waals surface area contributed by atoms with Gasteiger partial charge in [0.1, 0.15) is 29.4 Å². The SMILES string of the molecule is COC(=O)c1ccc(N2CCN(Cc3cc(OCCN4CCCC4)ccc3-c3ccc(Cl)cc3)CC2)cc1Oc1ccccc1. The van der Waals surface area contributed by atoms with E-state index < -0.39 is 5.97 Å². The molecular weight excluding hydrogens is 586 g/mol. The van der Waals surface area contributed by atoms with Crippen molar-refractivity contribution < 1.29 is 19.0 Å². The van der Waals surface area contributed by atoms with Crippen LogP contribution < -0.4 is 14.4 Å². The Balaban J connectivity index is 1.15. The molecule has 0 amide bonds. The summed E-state index contributed by atoms with van der Waals surface area (Å²) in [5, 5.41) is 0.732. The predicted molar refractivity (Wildman–Crippen MR) is 180 cm³/mol. The van der Waals surface area contributed by atoms with E-state index in [9.17, 15) is 4.79 Å². The van der Waals surface area contributed by atoms with Gasteiger partial charge in [0, 0.05) is 56.0 Å². The van der Waals surface area contributed by atoms with E-state index in [2.05, 4.69) is 45.0 Å². The third-order valence-electron chi connectivity index (χ3n) is 8.58. The summed E-state index contributed by atoms with van der Waals surface area (Å²) in [5.74, 6) is 1.65. The van der Waals surface area contributed by atoms with Gasteiger partial charge in [-0.15, -0.1) is 0 Å². The van der Waals surface area contributed by atoms with Crippen LogP contribution in [0, 0.1) is 0 Å². The van der Waals surface area contributed by atoms with Crippen LogP contribution in [0.4, 0.5) is 5.69 Å². The van der Waals surface area contributed by atoms with Crippen molar-refractivity contribution >= 4 is 23.3 Å². The van der Waals surface area contributed by atoms with E-state index >= 15 is 0 Å². The number of piperazine rings is 1. The highest BCUT2D eigenvalue weighted by Gasteiger charge is 2.22. The van der Waals surface area contributed by atoms with Crippen molar-refractivity contribution in [2.24, 2.45) is 0 Å². The number of likely N-dealkylation sites (tertiary alicyclic amines) is 1. The summed E-state index contributed by atoms with van der Waals surface area (Å²) in [5.41, 5.74) is 5.00. The highest BCUT2D eigenvalue weighted by molar-refractivity contribution is 6.30. The van der Waals surface area contributed by atoms with Gasteiger partial charge in [-0.1, -0.05) is 48.0 Å². The molecule has 6 rings (SSSR count). The number of carbonyl (C=O) groups excluding carboxylic acids is 1. The third kappa shape index (κ3) is 7.98. The summed E-state index contributed by atoms with van der Waals surface area (Å²) < 4.78 is 17.4. The molecule has 234 valence electrons. The number of methoxy groups -OCH3 is 1. The van der Waals surface area contributed by atoms with E-state index in [1.54, 1.807) is 6.07 Å². The van der Waals surface area contributed by atoms with E-state index in [1.807, 2.05) is 54.6 Å². The molecule has 2 saturated heterocycles. The maximum atomic E-state index is 12.5. The fourth-order valence-corrected chi connectivity index (χ4v) is 6.22. The molecule has 0 unspecified atom stereocenters. The van der Waals surface area contributed by atoms with Crippen molar-refractivity contribution in [2.45, 2.75) is 19.4 Å². The lowest BCUT2D eigenvalue weighted by molar-refractivity contribution is 0.0598. The minimum atomic E-state index is -0.420. The van der Waals surface area contributed by atoms with Crippen molar-refractivity contribution in [1.82, 2.24) is 9.80 Å². The van der Waals surface area contributed by atoms with Crippen molar-refractivity contribution in [3.05, 3.63) is 107 Å². The lowest BCUT2D eigenvalue weighted by Gasteiger charge is -2.36. The molecule has 2 aliphatic rings. The van der Waals surface area contributed by atoms with Gasteiger partial charge in [0.2, 0.25) is 0 Å². The summed E-state index contributed by atoms with van der Waals surface area (Å²) in [6.45, 7) is 8.33. The maximum Gasteiger partial charge on any atom is 0.341 e. The van der Waals surface area contributed by atoms with Crippen LogP contribution in [0.5, 0.6) is 17.2 Å². The quantitative estimate of drug-likeness (QED) is 0.161. The molecule has 0 radical (unpaired) electrons. The Hall–Kier alpha value is -4.04. The zero-order valence-corrected chi connectivity index (χ0v) is 26.5. The summed E-state index contributed by atoms with van der Waals surface area (Å²) in [4.78, 5) is 19.8. The fraction of sp³-hybridized carbons (Fsp3) is 0.324. The number of carbonyl (C=O) groups is 1. The summed E-state index contributed by atoms with van der Waals surface area (Å²) in [7, 11) is 1.39. The van der Waals surface area contributed by atoms with Gasteiger partial charge in [0.15, 0.2) is 0 Å². The van der Waals surface area contributed by atoms with Crippen LogP contribution in [0.15, 0.2) is 91.0 Å². The Morgan fingerprint density at radius 2 is 1.53 bits per heavy atom. The Morgan fingerprint density at radius 1 is 0.778 bits per heavy atom. The second kappa shape index (κ2) is 14.8. The predicted octanol–water partition coefficient (Wildman–Crippen LogP) is 7.38. The first-order valence-corrected chi connectivity index (χ1v) is 16.1. The minimum absolute atomic E-state index is 0.404. The number of nitrogens with zero attached hydrogens (tertiary/aromatic N) is 3. The van der Waals surface area contributed by atoms with Crippen LogP contribution in [-0.2, 0) is 11.3 Å². The van der Waals surface area contributed by atoms with Crippen LogP contribution in [0.1, 0.15) is 28.8 Å². The second-order valence-corrected chi connectivity index (χ2v) is 12.0. The van der Waals surface area contributed by atoms with Gasteiger partial charge < -0.3 is 19.1 Å². The van der Waals surface area contributed by atoms with E-state index in [1.165, 1.54) is 44.2 Å². The van der Waals surface area contributed by atoms with Crippen molar-refractivity contribution in [3.8, 4) is 28.4 Å². The second-order valence-electron chi connectivity index (χ2n) is 11.6. The molecule has 0 N–H and O–H groups in total. The first kappa shape index (κ1) is 31.0. The van der Waals surface area contributed by atoms with Gasteiger partial charge in [-0.2, -0.15) is 0 Å². The third-order valence-corrected chi connectivity index (χ3v) is 8.83. The van der Waals surface area contributed by atoms with Gasteiger partial charge in [-0.3, -0.25) is 9.80 Å².